The number of anilines is 3. The number of hydrogen-bond acceptors (Lipinski definition) is 6. The molecule has 2 aliphatic rings. The fraction of sp³-hybridized carbons (Fsp3) is 0.250. The van der Waals surface area contributed by atoms with Gasteiger partial charge in [-0.3, -0.25) is 14.4 Å². The zero-order valence-electron chi connectivity index (χ0n) is 30.9. The molecule has 1 spiro atoms. The molecular weight excluding hydrogens is 695 g/mol. The van der Waals surface area contributed by atoms with Gasteiger partial charge in [0, 0.05) is 40.6 Å². The summed E-state index contributed by atoms with van der Waals surface area (Å²) in [4.78, 5) is 43.3. The van der Waals surface area contributed by atoms with E-state index < -0.39 is 19.8 Å². The summed E-state index contributed by atoms with van der Waals surface area (Å²) in [6.45, 7) is 6.83. The number of carbonyl (C=O) groups excluding carboxylic acids is 3. The Labute approximate surface area is 317 Å². The lowest BCUT2D eigenvalue weighted by Crippen LogP contribution is -2.51. The molecule has 7 rings (SSSR count). The van der Waals surface area contributed by atoms with Crippen LogP contribution in [0.15, 0.2) is 127 Å². The number of hydrogen-bond donors (Lipinski definition) is 3. The van der Waals surface area contributed by atoms with Gasteiger partial charge in [0.25, 0.3) is 17.7 Å². The SMILES string of the molecule is COc1ccc([Si](C)(C)[C@@H]2[C@@H](CCO)O[C@]3(C(=O)N(Cc4cccc(NC(=O)c5ccccc5)c4)c4ccc(NC(=O)c5ccccc5)cc43)[C@H]2C)cc1. The summed E-state index contributed by atoms with van der Waals surface area (Å²) < 4.78 is 12.5. The minimum atomic E-state index is -2.39. The Bertz CT molecular complexity index is 2160. The van der Waals surface area contributed by atoms with E-state index >= 15 is 4.79 Å². The molecule has 10 heteroatoms. The Hall–Kier alpha value is -5.55. The van der Waals surface area contributed by atoms with Crippen LogP contribution in [0.3, 0.4) is 0 Å². The highest BCUT2D eigenvalue weighted by Crippen LogP contribution is 2.60. The van der Waals surface area contributed by atoms with Crippen LogP contribution in [0.2, 0.25) is 18.6 Å². The van der Waals surface area contributed by atoms with Crippen LogP contribution >= 0.6 is 0 Å². The predicted octanol–water partition coefficient (Wildman–Crippen LogP) is 7.35. The maximum Gasteiger partial charge on any atom is 0.264 e. The lowest BCUT2D eigenvalue weighted by molar-refractivity contribution is -0.146. The van der Waals surface area contributed by atoms with Crippen molar-refractivity contribution in [3.8, 4) is 5.75 Å². The summed E-state index contributed by atoms with van der Waals surface area (Å²) in [7, 11) is -0.747. The molecule has 5 aromatic rings. The van der Waals surface area contributed by atoms with Gasteiger partial charge in [0.2, 0.25) is 0 Å². The van der Waals surface area contributed by atoms with Crippen LogP contribution in [0.25, 0.3) is 0 Å². The Balaban J connectivity index is 1.27. The van der Waals surface area contributed by atoms with Gasteiger partial charge in [0.05, 0.1) is 33.5 Å². The van der Waals surface area contributed by atoms with Gasteiger partial charge in [0.1, 0.15) is 5.75 Å². The molecule has 4 atom stereocenters. The molecular formula is C44H45N3O6Si. The van der Waals surface area contributed by atoms with Crippen molar-refractivity contribution in [2.75, 3.05) is 29.3 Å². The number of rotatable bonds is 11. The van der Waals surface area contributed by atoms with Gasteiger partial charge in [-0.05, 0) is 84.3 Å². The molecule has 2 aliphatic heterocycles. The minimum absolute atomic E-state index is 0.0473. The van der Waals surface area contributed by atoms with Crippen molar-refractivity contribution in [1.82, 2.24) is 0 Å². The van der Waals surface area contributed by atoms with E-state index in [1.54, 1.807) is 36.3 Å². The molecule has 3 amide bonds. The predicted molar refractivity (Wildman–Crippen MR) is 214 cm³/mol. The highest BCUT2D eigenvalue weighted by atomic mass is 28.3. The van der Waals surface area contributed by atoms with E-state index in [4.69, 9.17) is 9.47 Å². The van der Waals surface area contributed by atoms with Gasteiger partial charge in [-0.25, -0.2) is 0 Å². The van der Waals surface area contributed by atoms with E-state index in [-0.39, 0.29) is 42.3 Å². The molecule has 9 nitrogen and oxygen atoms in total. The van der Waals surface area contributed by atoms with Crippen molar-refractivity contribution in [2.45, 2.75) is 50.2 Å². The molecule has 0 aromatic heterocycles. The van der Waals surface area contributed by atoms with Crippen LogP contribution < -0.4 is 25.5 Å². The highest BCUT2D eigenvalue weighted by Gasteiger charge is 2.66. The maximum atomic E-state index is 15.2. The average Bonchev–Trinajstić information content (AvgIpc) is 3.61. The Morgan fingerprint density at radius 3 is 2.02 bits per heavy atom. The monoisotopic (exact) mass is 739 g/mol. The molecule has 2 heterocycles. The molecule has 5 aromatic carbocycles. The molecule has 0 unspecified atom stereocenters. The van der Waals surface area contributed by atoms with Gasteiger partial charge in [-0.15, -0.1) is 0 Å². The van der Waals surface area contributed by atoms with Crippen LogP contribution in [0, 0.1) is 5.92 Å². The second-order valence-electron chi connectivity index (χ2n) is 14.6. The normalized spacial score (nSPS) is 20.5. The maximum absolute atomic E-state index is 15.2. The summed E-state index contributed by atoms with van der Waals surface area (Å²) in [5.41, 5.74) is 3.00. The van der Waals surface area contributed by atoms with E-state index in [1.807, 2.05) is 91.0 Å². The van der Waals surface area contributed by atoms with Crippen molar-refractivity contribution in [3.63, 3.8) is 0 Å². The number of carbonyl (C=O) groups is 3. The van der Waals surface area contributed by atoms with Crippen LogP contribution in [-0.4, -0.2) is 50.7 Å². The first-order valence-corrected chi connectivity index (χ1v) is 21.4. The van der Waals surface area contributed by atoms with Gasteiger partial charge in [-0.2, -0.15) is 0 Å². The average molecular weight is 740 g/mol. The molecule has 0 radical (unpaired) electrons. The van der Waals surface area contributed by atoms with E-state index in [9.17, 15) is 14.7 Å². The third-order valence-electron chi connectivity index (χ3n) is 11.1. The molecule has 0 aliphatic carbocycles. The summed E-state index contributed by atoms with van der Waals surface area (Å²) in [6.07, 6.45) is -0.0240. The standard InChI is InChI=1S/C44H45N3O6Si/c1-29-40(54(3,4)36-21-19-35(52-2)20-22-36)39(24-25-48)53-44(29)37-27-34(46-42(50)32-15-9-6-10-16-32)18-23-38(37)47(43(44)51)28-30-12-11-17-33(26-30)45-41(49)31-13-7-5-8-14-31/h5-23,26-27,29,39-40,48H,24-25,28H2,1-4H3,(H,45,49)(H,46,50)/t29-,39+,40-,44+/m0/s1. The molecule has 1 saturated heterocycles. The Morgan fingerprint density at radius 1 is 0.815 bits per heavy atom. The van der Waals surface area contributed by atoms with E-state index in [2.05, 4.69) is 42.8 Å². The fourth-order valence-corrected chi connectivity index (χ4v) is 12.5. The van der Waals surface area contributed by atoms with Crippen molar-refractivity contribution < 1.29 is 29.0 Å². The summed E-state index contributed by atoms with van der Waals surface area (Å²) in [5, 5.41) is 17.5. The van der Waals surface area contributed by atoms with E-state index in [0.717, 1.165) is 11.3 Å². The van der Waals surface area contributed by atoms with E-state index in [1.165, 1.54) is 5.19 Å². The van der Waals surface area contributed by atoms with E-state index in [0.29, 0.717) is 40.2 Å². The lowest BCUT2D eigenvalue weighted by Gasteiger charge is -2.37. The molecule has 276 valence electrons. The topological polar surface area (TPSA) is 117 Å². The number of methoxy groups -OCH3 is 1. The zero-order chi connectivity index (χ0) is 38.0. The molecule has 0 saturated carbocycles. The van der Waals surface area contributed by atoms with Gasteiger partial charge < -0.3 is 30.1 Å². The quantitative estimate of drug-likeness (QED) is 0.122. The van der Waals surface area contributed by atoms with Crippen molar-refractivity contribution >= 4 is 48.0 Å². The number of benzene rings is 5. The number of aliphatic hydroxyl groups is 1. The number of nitrogens with zero attached hydrogens (tertiary/aromatic N) is 1. The first-order valence-electron chi connectivity index (χ1n) is 18.3. The highest BCUT2D eigenvalue weighted by molar-refractivity contribution is 6.91. The Morgan fingerprint density at radius 2 is 1.43 bits per heavy atom. The fourth-order valence-electron chi connectivity index (χ4n) is 8.46. The molecule has 54 heavy (non-hydrogen) atoms. The smallest absolute Gasteiger partial charge is 0.264 e. The second kappa shape index (κ2) is 15.1. The van der Waals surface area contributed by atoms with Gasteiger partial charge >= 0.3 is 0 Å². The van der Waals surface area contributed by atoms with Crippen LogP contribution in [0.4, 0.5) is 17.1 Å². The summed E-state index contributed by atoms with van der Waals surface area (Å²) >= 11 is 0. The minimum Gasteiger partial charge on any atom is -0.497 e. The summed E-state index contributed by atoms with van der Waals surface area (Å²) in [6, 6.07) is 39.2. The van der Waals surface area contributed by atoms with Crippen molar-refractivity contribution in [3.05, 3.63) is 150 Å². The van der Waals surface area contributed by atoms with Crippen LogP contribution in [0.5, 0.6) is 5.75 Å². The number of amides is 3. The summed E-state index contributed by atoms with van der Waals surface area (Å²) in [5.74, 6) is -0.195. The molecule has 1 fully saturated rings. The first kappa shape index (κ1) is 36.8. The third kappa shape index (κ3) is 6.72. The Kier molecular flexibility index (Phi) is 10.3. The lowest BCUT2D eigenvalue weighted by atomic mass is 9.82. The first-order chi connectivity index (χ1) is 26.1. The van der Waals surface area contributed by atoms with Gasteiger partial charge in [0.15, 0.2) is 5.60 Å². The number of fused-ring (bicyclic) bond motifs is 2. The van der Waals surface area contributed by atoms with Crippen LogP contribution in [-0.2, 0) is 21.7 Å². The number of aliphatic hydroxyl groups excluding tert-OH is 1. The second-order valence-corrected chi connectivity index (χ2v) is 19.3. The number of nitrogens with one attached hydrogen (secondary N) is 2. The molecule has 0 bridgehead atoms. The largest absolute Gasteiger partial charge is 0.497 e. The van der Waals surface area contributed by atoms with Crippen LogP contribution in [0.1, 0.15) is 45.2 Å². The van der Waals surface area contributed by atoms with Crippen molar-refractivity contribution in [1.29, 1.82) is 0 Å². The van der Waals surface area contributed by atoms with Gasteiger partial charge in [-0.1, -0.05) is 85.9 Å². The number of ether oxygens (including phenoxy) is 2. The zero-order valence-corrected chi connectivity index (χ0v) is 31.9. The van der Waals surface area contributed by atoms with Crippen molar-refractivity contribution in [2.24, 2.45) is 5.92 Å². The third-order valence-corrected chi connectivity index (χ3v) is 15.5. The molecule has 3 N–H and O–H groups in total.